The minimum absolute atomic E-state index is 0.131. The second-order valence-corrected chi connectivity index (χ2v) is 9.27. The predicted molar refractivity (Wildman–Crippen MR) is 122 cm³/mol. The van der Waals surface area contributed by atoms with Gasteiger partial charge in [-0.3, -0.25) is 19.1 Å². The number of H-pyrrole nitrogens is 1. The average Bonchev–Trinajstić information content (AvgIpc) is 3.35. The molecular weight excluding hydrogens is 496 g/mol. The van der Waals surface area contributed by atoms with E-state index in [1.165, 1.54) is 23.8 Å². The first-order valence-electron chi connectivity index (χ1n) is 9.85. The van der Waals surface area contributed by atoms with Gasteiger partial charge < -0.3 is 5.32 Å². The van der Waals surface area contributed by atoms with Gasteiger partial charge in [0.1, 0.15) is 10.6 Å². The topological polar surface area (TPSA) is 96.9 Å². The lowest BCUT2D eigenvalue weighted by atomic mass is 10.1. The number of amides is 1. The van der Waals surface area contributed by atoms with E-state index in [1.54, 1.807) is 0 Å². The number of benzene rings is 1. The summed E-state index contributed by atoms with van der Waals surface area (Å²) in [6.07, 6.45) is -4.40. The highest BCUT2D eigenvalue weighted by Crippen LogP contribution is 2.34. The van der Waals surface area contributed by atoms with Crippen molar-refractivity contribution in [1.29, 1.82) is 0 Å². The molecule has 1 amide bonds. The van der Waals surface area contributed by atoms with Crippen molar-refractivity contribution < 1.29 is 22.4 Å². The van der Waals surface area contributed by atoms with Crippen LogP contribution in [0.15, 0.2) is 33.2 Å². The summed E-state index contributed by atoms with van der Waals surface area (Å²) in [5.41, 5.74) is -1.58. The van der Waals surface area contributed by atoms with Crippen LogP contribution >= 0.6 is 22.7 Å². The van der Waals surface area contributed by atoms with Crippen LogP contribution in [0.2, 0.25) is 0 Å². The van der Waals surface area contributed by atoms with Crippen LogP contribution < -0.4 is 16.6 Å². The molecule has 13 heteroatoms. The first-order valence-corrected chi connectivity index (χ1v) is 11.5. The Kier molecular flexibility index (Phi) is 6.16. The first-order chi connectivity index (χ1) is 16.0. The third-order valence-corrected chi connectivity index (χ3v) is 7.16. The highest BCUT2D eigenvalue weighted by molar-refractivity contribution is 7.18. The monoisotopic (exact) mass is 512 g/mol. The van der Waals surface area contributed by atoms with Gasteiger partial charge in [0.2, 0.25) is 5.91 Å². The van der Waals surface area contributed by atoms with Crippen molar-refractivity contribution in [3.8, 4) is 11.3 Å². The molecule has 0 radical (unpaired) electrons. The van der Waals surface area contributed by atoms with E-state index in [2.05, 4.69) is 15.3 Å². The Hall–Kier alpha value is -3.32. The third kappa shape index (κ3) is 4.40. The van der Waals surface area contributed by atoms with Gasteiger partial charge in [-0.1, -0.05) is 13.0 Å². The van der Waals surface area contributed by atoms with Crippen molar-refractivity contribution in [3.63, 3.8) is 0 Å². The molecular formula is C21H16F4N4O3S2. The minimum atomic E-state index is -4.80. The summed E-state index contributed by atoms with van der Waals surface area (Å²) >= 11 is 2.26. The summed E-state index contributed by atoms with van der Waals surface area (Å²) in [6.45, 7) is 1.87. The zero-order chi connectivity index (χ0) is 24.8. The van der Waals surface area contributed by atoms with E-state index in [4.69, 9.17) is 0 Å². The van der Waals surface area contributed by atoms with Crippen LogP contribution in [0, 0.1) is 5.82 Å². The van der Waals surface area contributed by atoms with Crippen LogP contribution in [-0.4, -0.2) is 20.4 Å². The number of anilines is 1. The van der Waals surface area contributed by atoms with Gasteiger partial charge in [-0.2, -0.15) is 13.2 Å². The summed E-state index contributed by atoms with van der Waals surface area (Å²) in [6, 6.07) is 2.49. The molecule has 3 heterocycles. The second kappa shape index (κ2) is 8.80. The second-order valence-electron chi connectivity index (χ2n) is 7.31. The van der Waals surface area contributed by atoms with Gasteiger partial charge in [0.25, 0.3) is 5.56 Å². The normalized spacial score (nSPS) is 11.8. The smallest absolute Gasteiger partial charge is 0.302 e. The van der Waals surface area contributed by atoms with Crippen molar-refractivity contribution >= 4 is 43.9 Å². The number of thiophene rings is 1. The molecule has 0 aliphatic carbocycles. The summed E-state index contributed by atoms with van der Waals surface area (Å²) in [5.74, 6) is -1.89. The van der Waals surface area contributed by atoms with Gasteiger partial charge in [0, 0.05) is 22.9 Å². The molecule has 0 aliphatic heterocycles. The van der Waals surface area contributed by atoms with Gasteiger partial charge in [0.05, 0.1) is 23.1 Å². The van der Waals surface area contributed by atoms with Crippen LogP contribution in [0.4, 0.5) is 22.7 Å². The highest BCUT2D eigenvalue weighted by atomic mass is 32.1. The number of carbonyl (C=O) groups excluding carboxylic acids is 1. The summed E-state index contributed by atoms with van der Waals surface area (Å²) in [4.78, 5) is 45.2. The molecule has 0 aliphatic rings. The number of hydrogen-bond donors (Lipinski definition) is 2. The number of halogens is 4. The van der Waals surface area contributed by atoms with Crippen LogP contribution in [-0.2, 0) is 30.9 Å². The van der Waals surface area contributed by atoms with Crippen LogP contribution in [0.3, 0.4) is 0 Å². The van der Waals surface area contributed by atoms with Crippen molar-refractivity contribution in [1.82, 2.24) is 14.5 Å². The molecule has 178 valence electrons. The number of alkyl halides is 3. The van der Waals surface area contributed by atoms with Crippen molar-refractivity contribution in [3.05, 3.63) is 66.2 Å². The lowest BCUT2D eigenvalue weighted by Crippen LogP contribution is -2.32. The van der Waals surface area contributed by atoms with Gasteiger partial charge >= 0.3 is 11.9 Å². The van der Waals surface area contributed by atoms with Crippen LogP contribution in [0.5, 0.6) is 0 Å². The zero-order valence-electron chi connectivity index (χ0n) is 17.7. The number of carbonyl (C=O) groups is 1. The van der Waals surface area contributed by atoms with E-state index in [0.29, 0.717) is 22.9 Å². The number of rotatable bonds is 5. The van der Waals surface area contributed by atoms with Crippen molar-refractivity contribution in [2.45, 2.75) is 25.9 Å². The molecule has 34 heavy (non-hydrogen) atoms. The van der Waals surface area contributed by atoms with Gasteiger partial charge in [-0.25, -0.2) is 14.2 Å². The largest absolute Gasteiger partial charge is 0.419 e. The number of nitrogens with zero attached hydrogens (tertiary/aromatic N) is 2. The van der Waals surface area contributed by atoms with E-state index in [1.807, 2.05) is 6.92 Å². The van der Waals surface area contributed by atoms with E-state index in [-0.39, 0.29) is 28.2 Å². The molecule has 0 unspecified atom stereocenters. The molecule has 3 aromatic heterocycles. The number of hydrogen-bond acceptors (Lipinski definition) is 6. The van der Waals surface area contributed by atoms with E-state index >= 15 is 0 Å². The highest BCUT2D eigenvalue weighted by Gasteiger charge is 2.34. The summed E-state index contributed by atoms with van der Waals surface area (Å²) < 4.78 is 53.1. The Bertz CT molecular complexity index is 1530. The zero-order valence-corrected chi connectivity index (χ0v) is 19.3. The maximum atomic E-state index is 13.9. The summed E-state index contributed by atoms with van der Waals surface area (Å²) in [7, 11) is 1.34. The maximum Gasteiger partial charge on any atom is 0.419 e. The average molecular weight is 513 g/mol. The van der Waals surface area contributed by atoms with Crippen molar-refractivity contribution in [2.75, 3.05) is 5.32 Å². The SMILES string of the molecule is CCc1sc2[nH]c(=O)n(C)c(=O)c2c1CC(=O)Nc1nc(-c2ccc(C(F)(F)F)c(F)c2)cs1. The fraction of sp³-hybridized carbons (Fsp3) is 0.238. The quantitative estimate of drug-likeness (QED) is 0.390. The standard InChI is InChI=1S/C21H16F4N4O3S2/c1-3-14-10(16-17(34-14)28-20(32)29(2)18(16)31)7-15(30)27-19-26-13(8-33-19)9-4-5-11(12(22)6-9)21(23,24)25/h4-6,8H,3,7H2,1-2H3,(H,28,32)(H,26,27,30). The Labute approximate surface area is 196 Å². The maximum absolute atomic E-state index is 13.9. The fourth-order valence-electron chi connectivity index (χ4n) is 3.43. The van der Waals surface area contributed by atoms with Gasteiger partial charge in [-0.05, 0) is 24.1 Å². The molecule has 1 aromatic carbocycles. The predicted octanol–water partition coefficient (Wildman–Crippen LogP) is 4.31. The number of thiazole rings is 1. The van der Waals surface area contributed by atoms with Gasteiger partial charge in [0.15, 0.2) is 5.13 Å². The molecule has 0 bridgehead atoms. The molecule has 4 rings (SSSR count). The number of aryl methyl sites for hydroxylation is 1. The summed E-state index contributed by atoms with van der Waals surface area (Å²) in [5, 5.41) is 4.53. The molecule has 0 spiro atoms. The molecule has 0 fully saturated rings. The lowest BCUT2D eigenvalue weighted by Gasteiger charge is -2.08. The number of fused-ring (bicyclic) bond motifs is 1. The molecule has 4 aromatic rings. The fourth-order valence-corrected chi connectivity index (χ4v) is 5.31. The third-order valence-electron chi connectivity index (χ3n) is 5.11. The Balaban J connectivity index is 1.57. The molecule has 0 saturated heterocycles. The lowest BCUT2D eigenvalue weighted by molar-refractivity contribution is -0.140. The van der Waals surface area contributed by atoms with E-state index in [9.17, 15) is 31.9 Å². The Morgan fingerprint density at radius 3 is 2.65 bits per heavy atom. The van der Waals surface area contributed by atoms with E-state index in [0.717, 1.165) is 32.9 Å². The van der Waals surface area contributed by atoms with E-state index < -0.39 is 34.7 Å². The molecule has 0 saturated carbocycles. The van der Waals surface area contributed by atoms with Crippen LogP contribution in [0.1, 0.15) is 22.9 Å². The first kappa shape index (κ1) is 23.8. The number of nitrogens with one attached hydrogen (secondary N) is 2. The Morgan fingerprint density at radius 2 is 2.00 bits per heavy atom. The molecule has 0 atom stereocenters. The minimum Gasteiger partial charge on any atom is -0.302 e. The van der Waals surface area contributed by atoms with Gasteiger partial charge in [-0.15, -0.1) is 22.7 Å². The number of aromatic nitrogens is 3. The Morgan fingerprint density at radius 1 is 1.26 bits per heavy atom. The number of aromatic amines is 1. The molecule has 2 N–H and O–H groups in total. The van der Waals surface area contributed by atoms with Crippen LogP contribution in [0.25, 0.3) is 21.5 Å². The van der Waals surface area contributed by atoms with Crippen molar-refractivity contribution in [2.24, 2.45) is 7.05 Å². The molecule has 7 nitrogen and oxygen atoms in total.